The lowest BCUT2D eigenvalue weighted by Crippen LogP contribution is -2.11. The van der Waals surface area contributed by atoms with Gasteiger partial charge in [-0.25, -0.2) is 13.2 Å². The molecule has 0 aliphatic carbocycles. The Kier molecular flexibility index (Phi) is 6.07. The second-order valence-corrected chi connectivity index (χ2v) is 9.62. The van der Waals surface area contributed by atoms with Crippen molar-refractivity contribution in [3.63, 3.8) is 0 Å². The maximum atomic E-state index is 12.7. The van der Waals surface area contributed by atoms with Crippen molar-refractivity contribution < 1.29 is 22.7 Å². The third-order valence-electron chi connectivity index (χ3n) is 3.97. The SMILES string of the molecule is COC(=O)c1sc(C(=O)Nc2cc(Cl)cc(S(C)(=O)=O)c2)cc1-c1ccccc1. The molecule has 0 saturated heterocycles. The van der Waals surface area contributed by atoms with Crippen LogP contribution in [0.4, 0.5) is 5.69 Å². The average molecular weight is 450 g/mol. The van der Waals surface area contributed by atoms with Gasteiger partial charge < -0.3 is 10.1 Å². The van der Waals surface area contributed by atoms with Gasteiger partial charge in [0.25, 0.3) is 5.91 Å². The molecule has 1 aromatic heterocycles. The molecule has 6 nitrogen and oxygen atoms in total. The molecule has 2 aromatic carbocycles. The molecule has 0 bridgehead atoms. The van der Waals surface area contributed by atoms with E-state index in [1.807, 2.05) is 30.3 Å². The van der Waals surface area contributed by atoms with Crippen molar-refractivity contribution in [1.82, 2.24) is 0 Å². The Labute approximate surface area is 177 Å². The highest BCUT2D eigenvalue weighted by Crippen LogP contribution is 2.33. The van der Waals surface area contributed by atoms with Crippen LogP contribution in [0.5, 0.6) is 0 Å². The molecule has 29 heavy (non-hydrogen) atoms. The Morgan fingerprint density at radius 1 is 1.07 bits per heavy atom. The molecule has 9 heteroatoms. The number of rotatable bonds is 5. The number of carbonyl (C=O) groups excluding carboxylic acids is 2. The minimum absolute atomic E-state index is 0.00768. The first-order valence-corrected chi connectivity index (χ1v) is 11.4. The van der Waals surface area contributed by atoms with Gasteiger partial charge in [0, 0.05) is 22.5 Å². The Morgan fingerprint density at radius 2 is 1.76 bits per heavy atom. The van der Waals surface area contributed by atoms with Crippen LogP contribution in [0, 0.1) is 0 Å². The normalized spacial score (nSPS) is 11.1. The minimum Gasteiger partial charge on any atom is -0.465 e. The summed E-state index contributed by atoms with van der Waals surface area (Å²) < 4.78 is 28.4. The second-order valence-electron chi connectivity index (χ2n) is 6.11. The number of hydrogen-bond donors (Lipinski definition) is 1. The first kappa shape index (κ1) is 21.0. The van der Waals surface area contributed by atoms with Crippen molar-refractivity contribution in [3.05, 3.63) is 69.4 Å². The van der Waals surface area contributed by atoms with E-state index in [1.165, 1.54) is 25.3 Å². The molecule has 1 N–H and O–H groups in total. The lowest BCUT2D eigenvalue weighted by atomic mass is 10.1. The van der Waals surface area contributed by atoms with E-state index in [0.29, 0.717) is 10.4 Å². The molecule has 150 valence electrons. The van der Waals surface area contributed by atoms with Crippen molar-refractivity contribution in [2.75, 3.05) is 18.7 Å². The van der Waals surface area contributed by atoms with Gasteiger partial charge in [-0.1, -0.05) is 41.9 Å². The zero-order valence-electron chi connectivity index (χ0n) is 15.4. The first-order chi connectivity index (χ1) is 13.7. The predicted molar refractivity (Wildman–Crippen MR) is 114 cm³/mol. The van der Waals surface area contributed by atoms with Crippen LogP contribution in [0.1, 0.15) is 19.3 Å². The van der Waals surface area contributed by atoms with Crippen LogP contribution >= 0.6 is 22.9 Å². The number of amides is 1. The monoisotopic (exact) mass is 449 g/mol. The number of ether oxygens (including phenoxy) is 1. The van der Waals surface area contributed by atoms with Crippen molar-refractivity contribution >= 4 is 50.3 Å². The summed E-state index contributed by atoms with van der Waals surface area (Å²) >= 11 is 6.97. The topological polar surface area (TPSA) is 89.5 Å². The maximum Gasteiger partial charge on any atom is 0.348 e. The summed E-state index contributed by atoms with van der Waals surface area (Å²) in [7, 11) is -2.22. The molecule has 0 fully saturated rings. The average Bonchev–Trinajstić information content (AvgIpc) is 3.12. The maximum absolute atomic E-state index is 12.7. The summed E-state index contributed by atoms with van der Waals surface area (Å²) in [5.74, 6) is -1.04. The number of esters is 1. The molecule has 0 spiro atoms. The standard InChI is InChI=1S/C20H16ClNO5S2/c1-27-20(24)18-16(12-6-4-3-5-7-12)11-17(28-18)19(23)22-14-8-13(21)9-15(10-14)29(2,25)26/h3-11H,1-2H3,(H,22,23). The fourth-order valence-corrected chi connectivity index (χ4v) is 4.60. The van der Waals surface area contributed by atoms with Gasteiger partial charge in [-0.3, -0.25) is 4.79 Å². The quantitative estimate of drug-likeness (QED) is 0.579. The highest BCUT2D eigenvalue weighted by Gasteiger charge is 2.22. The van der Waals surface area contributed by atoms with Crippen molar-refractivity contribution in [2.45, 2.75) is 4.90 Å². The largest absolute Gasteiger partial charge is 0.465 e. The van der Waals surface area contributed by atoms with Crippen molar-refractivity contribution in [2.24, 2.45) is 0 Å². The Morgan fingerprint density at radius 3 is 2.38 bits per heavy atom. The Balaban J connectivity index is 1.97. The van der Waals surface area contributed by atoms with E-state index in [9.17, 15) is 18.0 Å². The van der Waals surface area contributed by atoms with Crippen LogP contribution in [0.2, 0.25) is 5.02 Å². The van der Waals surface area contributed by atoms with E-state index < -0.39 is 21.7 Å². The number of benzene rings is 2. The number of halogens is 1. The van der Waals surface area contributed by atoms with Crippen LogP contribution in [0.25, 0.3) is 11.1 Å². The summed E-state index contributed by atoms with van der Waals surface area (Å²) in [6.45, 7) is 0. The second kappa shape index (κ2) is 8.36. The molecule has 0 atom stereocenters. The summed E-state index contributed by atoms with van der Waals surface area (Å²) in [5.41, 5.74) is 1.58. The van der Waals surface area contributed by atoms with Gasteiger partial charge in [-0.15, -0.1) is 11.3 Å². The number of thiophene rings is 1. The van der Waals surface area contributed by atoms with E-state index in [2.05, 4.69) is 5.32 Å². The summed E-state index contributed by atoms with van der Waals surface area (Å²) in [6, 6.07) is 14.8. The first-order valence-electron chi connectivity index (χ1n) is 8.28. The number of sulfone groups is 1. The lowest BCUT2D eigenvalue weighted by Gasteiger charge is -2.07. The zero-order chi connectivity index (χ0) is 21.2. The van der Waals surface area contributed by atoms with Gasteiger partial charge in [0.2, 0.25) is 0 Å². The molecular formula is C20H16ClNO5S2. The summed E-state index contributed by atoms with van der Waals surface area (Å²) in [5, 5.41) is 2.81. The van der Waals surface area contributed by atoms with Gasteiger partial charge in [-0.05, 0) is 29.8 Å². The van der Waals surface area contributed by atoms with Crippen LogP contribution in [0.3, 0.4) is 0 Å². The Hall–Kier alpha value is -2.68. The molecule has 1 heterocycles. The molecule has 0 aliphatic heterocycles. The number of hydrogen-bond acceptors (Lipinski definition) is 6. The Bertz CT molecular complexity index is 1190. The summed E-state index contributed by atoms with van der Waals surface area (Å²) in [4.78, 5) is 25.5. The van der Waals surface area contributed by atoms with E-state index in [0.717, 1.165) is 23.2 Å². The highest BCUT2D eigenvalue weighted by molar-refractivity contribution is 7.90. The van der Waals surface area contributed by atoms with E-state index in [4.69, 9.17) is 16.3 Å². The fourth-order valence-electron chi connectivity index (χ4n) is 2.62. The molecule has 0 radical (unpaired) electrons. The molecule has 0 aliphatic rings. The summed E-state index contributed by atoms with van der Waals surface area (Å²) in [6.07, 6.45) is 1.05. The number of carbonyl (C=O) groups is 2. The van der Waals surface area contributed by atoms with Gasteiger partial charge >= 0.3 is 5.97 Å². The highest BCUT2D eigenvalue weighted by atomic mass is 35.5. The van der Waals surface area contributed by atoms with Gasteiger partial charge in [0.1, 0.15) is 4.88 Å². The molecule has 3 aromatic rings. The number of anilines is 1. The molecule has 3 rings (SSSR count). The number of nitrogens with one attached hydrogen (secondary N) is 1. The molecule has 0 saturated carbocycles. The van der Waals surface area contributed by atoms with Crippen molar-refractivity contribution in [3.8, 4) is 11.1 Å². The zero-order valence-corrected chi connectivity index (χ0v) is 17.8. The molecular weight excluding hydrogens is 434 g/mol. The predicted octanol–water partition coefficient (Wildman–Crippen LogP) is 4.51. The van der Waals surface area contributed by atoms with Gasteiger partial charge in [0.05, 0.1) is 16.9 Å². The van der Waals surface area contributed by atoms with E-state index in [1.54, 1.807) is 6.07 Å². The van der Waals surface area contributed by atoms with Gasteiger partial charge in [-0.2, -0.15) is 0 Å². The van der Waals surface area contributed by atoms with Crippen LogP contribution in [-0.4, -0.2) is 33.7 Å². The van der Waals surface area contributed by atoms with Crippen LogP contribution < -0.4 is 5.32 Å². The number of methoxy groups -OCH3 is 1. The lowest BCUT2D eigenvalue weighted by molar-refractivity contribution is 0.0607. The van der Waals surface area contributed by atoms with Crippen LogP contribution in [0.15, 0.2) is 59.5 Å². The van der Waals surface area contributed by atoms with Gasteiger partial charge in [0.15, 0.2) is 9.84 Å². The fraction of sp³-hybridized carbons (Fsp3) is 0.100. The minimum atomic E-state index is -3.50. The molecule has 1 amide bonds. The third kappa shape index (κ3) is 4.84. The van der Waals surface area contributed by atoms with E-state index in [-0.39, 0.29) is 20.5 Å². The van der Waals surface area contributed by atoms with Crippen LogP contribution in [-0.2, 0) is 14.6 Å². The molecule has 0 unspecified atom stereocenters. The smallest absolute Gasteiger partial charge is 0.348 e. The third-order valence-corrected chi connectivity index (χ3v) is 6.39. The van der Waals surface area contributed by atoms with E-state index >= 15 is 0 Å². The van der Waals surface area contributed by atoms with Crippen molar-refractivity contribution in [1.29, 1.82) is 0 Å².